The molecule has 0 bridgehead atoms. The number of aryl methyl sites for hydroxylation is 2. The Morgan fingerprint density at radius 3 is 1.70 bits per heavy atom. The minimum Gasteiger partial charge on any atom is -0.352 e. The average Bonchev–Trinajstić information content (AvgIpc) is 2.77. The van der Waals surface area contributed by atoms with Crippen molar-refractivity contribution in [1.82, 2.24) is 5.32 Å². The molecule has 0 aliphatic rings. The topological polar surface area (TPSA) is 46.2 Å². The lowest BCUT2D eigenvalue weighted by Gasteiger charge is -2.10. The highest BCUT2D eigenvalue weighted by molar-refractivity contribution is 7.97. The Kier molecular flexibility index (Phi) is 7.86. The van der Waals surface area contributed by atoms with E-state index in [1.807, 2.05) is 18.4 Å². The van der Waals surface area contributed by atoms with E-state index in [9.17, 15) is 9.59 Å². The largest absolute Gasteiger partial charge is 0.352 e. The normalized spacial score (nSPS) is 10.8. The van der Waals surface area contributed by atoms with Gasteiger partial charge in [-0.25, -0.2) is 0 Å². The maximum Gasteiger partial charge on any atom is 0.251 e. The van der Waals surface area contributed by atoms with Gasteiger partial charge in [-0.05, 0) is 75.2 Å². The molecule has 0 heterocycles. The summed E-state index contributed by atoms with van der Waals surface area (Å²) >= 11 is 0. The van der Waals surface area contributed by atoms with E-state index in [0.717, 1.165) is 12.8 Å². The van der Waals surface area contributed by atoms with Crippen molar-refractivity contribution >= 4 is 23.1 Å². The van der Waals surface area contributed by atoms with Crippen molar-refractivity contribution in [3.05, 3.63) is 89.5 Å². The molecule has 1 radical (unpaired) electrons. The first-order valence-electron chi connectivity index (χ1n) is 10.2. The number of carbonyl (C=O) groups excluding carboxylic acids is 2. The summed E-state index contributed by atoms with van der Waals surface area (Å²) in [5.41, 5.74) is 3.13. The van der Waals surface area contributed by atoms with Crippen LogP contribution < -0.4 is 5.32 Å². The van der Waals surface area contributed by atoms with Crippen LogP contribution in [0.1, 0.15) is 40.7 Å². The molecule has 0 saturated carbocycles. The molecule has 3 aromatic rings. The molecule has 4 heteroatoms. The van der Waals surface area contributed by atoms with Gasteiger partial charge in [0, 0.05) is 18.5 Å². The third-order valence-electron chi connectivity index (χ3n) is 4.86. The second-order valence-corrected chi connectivity index (χ2v) is 9.34. The van der Waals surface area contributed by atoms with E-state index in [2.05, 4.69) is 79.8 Å². The molecule has 153 valence electrons. The monoisotopic (exact) mass is 417 g/mol. The van der Waals surface area contributed by atoms with Crippen LogP contribution in [-0.2, 0) is 15.7 Å². The first-order chi connectivity index (χ1) is 14.6. The van der Waals surface area contributed by atoms with Crippen molar-refractivity contribution in [3.8, 4) is 0 Å². The number of rotatable bonds is 9. The zero-order valence-corrected chi connectivity index (χ0v) is 18.3. The predicted octanol–water partition coefficient (Wildman–Crippen LogP) is 5.41. The van der Waals surface area contributed by atoms with Crippen LogP contribution in [0.3, 0.4) is 0 Å². The highest BCUT2D eigenvalue weighted by Gasteiger charge is 2.28. The molecule has 0 fully saturated rings. The van der Waals surface area contributed by atoms with Gasteiger partial charge in [-0.2, -0.15) is 0 Å². The van der Waals surface area contributed by atoms with E-state index in [1.165, 1.54) is 25.8 Å². The van der Waals surface area contributed by atoms with Crippen molar-refractivity contribution in [1.29, 1.82) is 0 Å². The van der Waals surface area contributed by atoms with Gasteiger partial charge in [0.25, 0.3) is 5.91 Å². The first kappa shape index (κ1) is 21.8. The van der Waals surface area contributed by atoms with Crippen molar-refractivity contribution in [2.45, 2.75) is 47.8 Å². The molecule has 0 aliphatic carbocycles. The van der Waals surface area contributed by atoms with E-state index >= 15 is 0 Å². The SMILES string of the molecule is Cc1ccc([S+](c2ccc(C)cc2)c2ccc(C(=O)NCCCC[C]=O)cc2)cc1. The fourth-order valence-electron chi connectivity index (χ4n) is 3.13. The van der Waals surface area contributed by atoms with E-state index in [-0.39, 0.29) is 16.8 Å². The van der Waals surface area contributed by atoms with Gasteiger partial charge in [0.1, 0.15) is 0 Å². The summed E-state index contributed by atoms with van der Waals surface area (Å²) in [6.07, 6.45) is 3.83. The standard InChI is InChI=1S/C26H26NO2S/c1-20-6-12-23(13-7-20)30(24-14-8-21(2)9-15-24)25-16-10-22(11-17-25)26(29)27-18-4-3-5-19-28/h6-17H,3-5,18H2,1-2H3/p+1. The lowest BCUT2D eigenvalue weighted by Crippen LogP contribution is -2.24. The van der Waals surface area contributed by atoms with Gasteiger partial charge in [-0.15, -0.1) is 0 Å². The van der Waals surface area contributed by atoms with Crippen molar-refractivity contribution in [2.75, 3.05) is 6.54 Å². The maximum atomic E-state index is 12.4. The number of benzene rings is 3. The molecule has 0 spiro atoms. The molecule has 3 rings (SSSR count). The summed E-state index contributed by atoms with van der Waals surface area (Å²) in [5.74, 6) is -0.0813. The lowest BCUT2D eigenvalue weighted by molar-refractivity contribution is 0.0953. The van der Waals surface area contributed by atoms with E-state index < -0.39 is 0 Å². The molecule has 1 N–H and O–H groups in total. The van der Waals surface area contributed by atoms with Gasteiger partial charge in [-0.3, -0.25) is 9.59 Å². The highest BCUT2D eigenvalue weighted by Crippen LogP contribution is 2.31. The summed E-state index contributed by atoms with van der Waals surface area (Å²) < 4.78 is 0. The predicted molar refractivity (Wildman–Crippen MR) is 123 cm³/mol. The summed E-state index contributed by atoms with van der Waals surface area (Å²) in [7, 11) is -0.230. The average molecular weight is 418 g/mol. The van der Waals surface area contributed by atoms with Gasteiger partial charge >= 0.3 is 0 Å². The van der Waals surface area contributed by atoms with Gasteiger partial charge in [0.05, 0.1) is 10.9 Å². The number of amides is 1. The fourth-order valence-corrected chi connectivity index (χ4v) is 5.17. The summed E-state index contributed by atoms with van der Waals surface area (Å²) in [5, 5.41) is 2.92. The fraction of sp³-hybridized carbons (Fsp3) is 0.231. The number of carbonyl (C=O) groups is 1. The Hall–Kier alpha value is -2.85. The van der Waals surface area contributed by atoms with E-state index in [1.54, 1.807) is 0 Å². The Morgan fingerprint density at radius 2 is 1.23 bits per heavy atom. The van der Waals surface area contributed by atoms with Crippen LogP contribution in [0.4, 0.5) is 0 Å². The quantitative estimate of drug-likeness (QED) is 0.374. The zero-order chi connectivity index (χ0) is 21.3. The van der Waals surface area contributed by atoms with Gasteiger partial charge < -0.3 is 5.32 Å². The molecule has 0 unspecified atom stereocenters. The third kappa shape index (κ3) is 5.83. The van der Waals surface area contributed by atoms with Crippen LogP contribution in [0.2, 0.25) is 0 Å². The smallest absolute Gasteiger partial charge is 0.251 e. The van der Waals surface area contributed by atoms with Crippen LogP contribution >= 0.6 is 0 Å². The van der Waals surface area contributed by atoms with Crippen LogP contribution in [0.5, 0.6) is 0 Å². The van der Waals surface area contributed by atoms with E-state index in [4.69, 9.17) is 0 Å². The molecule has 0 saturated heterocycles. The Balaban J connectivity index is 1.80. The van der Waals surface area contributed by atoms with Crippen molar-refractivity contribution in [3.63, 3.8) is 0 Å². The van der Waals surface area contributed by atoms with Crippen LogP contribution in [0.15, 0.2) is 87.5 Å². The van der Waals surface area contributed by atoms with Crippen molar-refractivity contribution in [2.24, 2.45) is 0 Å². The summed E-state index contributed by atoms with van der Waals surface area (Å²) in [6.45, 7) is 4.76. The van der Waals surface area contributed by atoms with E-state index in [0.29, 0.717) is 18.5 Å². The molecular formula is C26H27NO2S+. The highest BCUT2D eigenvalue weighted by atomic mass is 32.2. The maximum absolute atomic E-state index is 12.4. The Bertz CT molecular complexity index is 918. The number of hydrogen-bond acceptors (Lipinski definition) is 2. The van der Waals surface area contributed by atoms with Gasteiger partial charge in [0.2, 0.25) is 0 Å². The van der Waals surface area contributed by atoms with Crippen LogP contribution in [0, 0.1) is 13.8 Å². The van der Waals surface area contributed by atoms with Crippen molar-refractivity contribution < 1.29 is 9.59 Å². The second-order valence-electron chi connectivity index (χ2n) is 7.31. The third-order valence-corrected chi connectivity index (χ3v) is 7.09. The molecule has 0 atom stereocenters. The molecule has 3 aromatic carbocycles. The Labute approximate surface area is 181 Å². The van der Waals surface area contributed by atoms with Gasteiger partial charge in [0.15, 0.2) is 21.0 Å². The second kappa shape index (κ2) is 10.8. The molecule has 3 nitrogen and oxygen atoms in total. The molecule has 0 aliphatic heterocycles. The number of nitrogens with one attached hydrogen (secondary N) is 1. The number of hydrogen-bond donors (Lipinski definition) is 1. The first-order valence-corrected chi connectivity index (χ1v) is 11.4. The van der Waals surface area contributed by atoms with Gasteiger partial charge in [-0.1, -0.05) is 35.4 Å². The molecule has 1 amide bonds. The Morgan fingerprint density at radius 1 is 0.767 bits per heavy atom. The lowest BCUT2D eigenvalue weighted by atomic mass is 10.2. The summed E-state index contributed by atoms with van der Waals surface area (Å²) in [4.78, 5) is 26.3. The minimum atomic E-state index is -0.230. The van der Waals surface area contributed by atoms with Crippen LogP contribution in [-0.4, -0.2) is 18.7 Å². The van der Waals surface area contributed by atoms with Crippen LogP contribution in [0.25, 0.3) is 0 Å². The molecular weight excluding hydrogens is 390 g/mol. The molecule has 30 heavy (non-hydrogen) atoms. The summed E-state index contributed by atoms with van der Waals surface area (Å²) in [6, 6.07) is 25.2. The number of unbranched alkanes of at least 4 members (excludes halogenated alkanes) is 2. The zero-order valence-electron chi connectivity index (χ0n) is 17.5. The minimum absolute atomic E-state index is 0.0813. The molecule has 0 aromatic heterocycles.